The molecule has 1 saturated carbocycles. The van der Waals surface area contributed by atoms with E-state index in [9.17, 15) is 0 Å². The fourth-order valence-electron chi connectivity index (χ4n) is 1.44. The molecule has 0 atom stereocenters. The molecular weight excluding hydrogens is 176 g/mol. The number of hydrogen-bond acceptors (Lipinski definition) is 4. The van der Waals surface area contributed by atoms with E-state index in [1.807, 2.05) is 0 Å². The standard InChI is InChI=1S/C10H14N4/c1-6(11)10-7(2)14-12-5-9(10)13-8-3-4-8/h5,8,11,13-14H,2-4H2,1H3. The quantitative estimate of drug-likeness (QED) is 0.584. The minimum atomic E-state index is 0.511. The Hall–Kier alpha value is -1.58. The zero-order valence-corrected chi connectivity index (χ0v) is 8.22. The first kappa shape index (κ1) is 8.99. The lowest BCUT2D eigenvalue weighted by Crippen LogP contribution is -2.27. The number of allylic oxidation sites excluding steroid dienone is 2. The van der Waals surface area contributed by atoms with Crippen LogP contribution >= 0.6 is 0 Å². The molecule has 0 amide bonds. The normalized spacial score (nSPS) is 20.8. The van der Waals surface area contributed by atoms with Crippen molar-refractivity contribution in [2.24, 2.45) is 5.10 Å². The van der Waals surface area contributed by atoms with Crippen molar-refractivity contribution < 1.29 is 0 Å². The lowest BCUT2D eigenvalue weighted by molar-refractivity contribution is 0.807. The zero-order chi connectivity index (χ0) is 10.1. The summed E-state index contributed by atoms with van der Waals surface area (Å²) < 4.78 is 0. The molecule has 3 N–H and O–H groups in total. The highest BCUT2D eigenvalue weighted by Gasteiger charge is 2.24. The van der Waals surface area contributed by atoms with Gasteiger partial charge < -0.3 is 10.7 Å². The average Bonchev–Trinajstić information content (AvgIpc) is 2.87. The molecule has 0 spiro atoms. The fraction of sp³-hybridized carbons (Fsp3) is 0.400. The molecule has 0 aromatic carbocycles. The molecule has 2 aliphatic rings. The van der Waals surface area contributed by atoms with Crippen molar-refractivity contribution in [3.63, 3.8) is 0 Å². The zero-order valence-electron chi connectivity index (χ0n) is 8.22. The fourth-order valence-corrected chi connectivity index (χ4v) is 1.44. The molecule has 0 saturated heterocycles. The van der Waals surface area contributed by atoms with Gasteiger partial charge in [-0.25, -0.2) is 0 Å². The molecule has 4 heteroatoms. The molecule has 1 aliphatic heterocycles. The number of hydrogen-bond donors (Lipinski definition) is 3. The molecular formula is C10H14N4. The van der Waals surface area contributed by atoms with Crippen molar-refractivity contribution in [1.29, 1.82) is 5.41 Å². The Morgan fingerprint density at radius 1 is 1.71 bits per heavy atom. The van der Waals surface area contributed by atoms with Gasteiger partial charge in [-0.3, -0.25) is 5.43 Å². The van der Waals surface area contributed by atoms with Gasteiger partial charge in [-0.1, -0.05) is 6.58 Å². The van der Waals surface area contributed by atoms with Gasteiger partial charge in [0.25, 0.3) is 0 Å². The molecule has 74 valence electrons. The smallest absolute Gasteiger partial charge is 0.0711 e. The molecule has 2 rings (SSSR count). The van der Waals surface area contributed by atoms with Gasteiger partial charge in [-0.05, 0) is 19.8 Å². The Morgan fingerprint density at radius 2 is 2.43 bits per heavy atom. The maximum Gasteiger partial charge on any atom is 0.0711 e. The van der Waals surface area contributed by atoms with Gasteiger partial charge in [0.15, 0.2) is 0 Å². The molecule has 1 aliphatic carbocycles. The summed E-state index contributed by atoms with van der Waals surface area (Å²) in [5, 5.41) is 15.0. The first-order valence-corrected chi connectivity index (χ1v) is 4.73. The maximum atomic E-state index is 7.65. The molecule has 4 nitrogen and oxygen atoms in total. The van der Waals surface area contributed by atoms with Crippen molar-refractivity contribution in [3.05, 3.63) is 23.5 Å². The highest BCUT2D eigenvalue weighted by molar-refractivity contribution is 6.05. The van der Waals surface area contributed by atoms with E-state index in [4.69, 9.17) is 5.41 Å². The SMILES string of the molecule is C=C1NN=CC(NC2CC2)=C1C(C)=N. The Kier molecular flexibility index (Phi) is 2.11. The summed E-state index contributed by atoms with van der Waals surface area (Å²) in [7, 11) is 0. The summed E-state index contributed by atoms with van der Waals surface area (Å²) in [4.78, 5) is 0. The van der Waals surface area contributed by atoms with E-state index in [1.165, 1.54) is 12.8 Å². The minimum Gasteiger partial charge on any atom is -0.380 e. The molecule has 1 heterocycles. The number of hydrazone groups is 1. The first-order chi connectivity index (χ1) is 6.68. The van der Waals surface area contributed by atoms with Crippen LogP contribution in [0.15, 0.2) is 28.6 Å². The molecule has 0 radical (unpaired) electrons. The lowest BCUT2D eigenvalue weighted by Gasteiger charge is -2.18. The van der Waals surface area contributed by atoms with Gasteiger partial charge >= 0.3 is 0 Å². The molecule has 0 unspecified atom stereocenters. The van der Waals surface area contributed by atoms with Crippen LogP contribution < -0.4 is 10.7 Å². The molecule has 0 aromatic heterocycles. The van der Waals surface area contributed by atoms with E-state index >= 15 is 0 Å². The number of nitrogens with zero attached hydrogens (tertiary/aromatic N) is 1. The maximum absolute atomic E-state index is 7.65. The topological polar surface area (TPSA) is 60.3 Å². The molecule has 0 bridgehead atoms. The van der Waals surface area contributed by atoms with Crippen LogP contribution in [0, 0.1) is 5.41 Å². The van der Waals surface area contributed by atoms with Crippen LogP contribution in [0.5, 0.6) is 0 Å². The van der Waals surface area contributed by atoms with Crippen LogP contribution in [0.25, 0.3) is 0 Å². The summed E-state index contributed by atoms with van der Waals surface area (Å²) in [5.41, 5.74) is 5.74. The Morgan fingerprint density at radius 3 is 3.00 bits per heavy atom. The van der Waals surface area contributed by atoms with Crippen molar-refractivity contribution in [1.82, 2.24) is 10.7 Å². The van der Waals surface area contributed by atoms with Crippen LogP contribution in [0.3, 0.4) is 0 Å². The second-order valence-corrected chi connectivity index (χ2v) is 3.68. The highest BCUT2D eigenvalue weighted by atomic mass is 15.3. The van der Waals surface area contributed by atoms with E-state index in [-0.39, 0.29) is 0 Å². The van der Waals surface area contributed by atoms with Crippen LogP contribution in [0.2, 0.25) is 0 Å². The lowest BCUT2D eigenvalue weighted by atomic mass is 10.1. The predicted molar refractivity (Wildman–Crippen MR) is 57.4 cm³/mol. The van der Waals surface area contributed by atoms with Gasteiger partial charge in [-0.15, -0.1) is 0 Å². The van der Waals surface area contributed by atoms with E-state index in [1.54, 1.807) is 13.1 Å². The summed E-state index contributed by atoms with van der Waals surface area (Å²) in [6.07, 6.45) is 4.14. The minimum absolute atomic E-state index is 0.511. The third-order valence-corrected chi connectivity index (χ3v) is 2.28. The largest absolute Gasteiger partial charge is 0.380 e. The summed E-state index contributed by atoms with van der Waals surface area (Å²) in [6.45, 7) is 5.59. The van der Waals surface area contributed by atoms with Crippen molar-refractivity contribution in [2.75, 3.05) is 0 Å². The van der Waals surface area contributed by atoms with Gasteiger partial charge in [0.05, 0.1) is 17.6 Å². The van der Waals surface area contributed by atoms with Crippen molar-refractivity contribution in [3.8, 4) is 0 Å². The number of rotatable bonds is 3. The van der Waals surface area contributed by atoms with Crippen molar-refractivity contribution in [2.45, 2.75) is 25.8 Å². The Bertz CT molecular complexity index is 347. The summed E-state index contributed by atoms with van der Waals surface area (Å²) in [6, 6.07) is 0.566. The van der Waals surface area contributed by atoms with Crippen LogP contribution in [0.1, 0.15) is 19.8 Å². The third-order valence-electron chi connectivity index (χ3n) is 2.28. The van der Waals surface area contributed by atoms with E-state index in [0.717, 1.165) is 11.3 Å². The monoisotopic (exact) mass is 190 g/mol. The average molecular weight is 190 g/mol. The van der Waals surface area contributed by atoms with E-state index < -0.39 is 0 Å². The van der Waals surface area contributed by atoms with Gasteiger partial charge in [0.2, 0.25) is 0 Å². The van der Waals surface area contributed by atoms with Crippen LogP contribution in [-0.2, 0) is 0 Å². The van der Waals surface area contributed by atoms with E-state index in [0.29, 0.717) is 17.5 Å². The number of nitrogens with one attached hydrogen (secondary N) is 3. The second kappa shape index (κ2) is 3.29. The van der Waals surface area contributed by atoms with Crippen LogP contribution in [-0.4, -0.2) is 18.0 Å². The Labute approximate surface area is 83.3 Å². The third kappa shape index (κ3) is 1.69. The highest BCUT2D eigenvalue weighted by Crippen LogP contribution is 2.22. The summed E-state index contributed by atoms with van der Waals surface area (Å²) in [5.74, 6) is 0. The Balaban J connectivity index is 2.27. The second-order valence-electron chi connectivity index (χ2n) is 3.68. The molecule has 14 heavy (non-hydrogen) atoms. The van der Waals surface area contributed by atoms with E-state index in [2.05, 4.69) is 22.4 Å². The predicted octanol–water partition coefficient (Wildman–Crippen LogP) is 1.13. The van der Waals surface area contributed by atoms with Gasteiger partial charge in [0.1, 0.15) is 0 Å². The molecule has 1 fully saturated rings. The van der Waals surface area contributed by atoms with Crippen LogP contribution in [0.4, 0.5) is 0 Å². The van der Waals surface area contributed by atoms with Gasteiger partial charge in [0, 0.05) is 17.3 Å². The van der Waals surface area contributed by atoms with Crippen molar-refractivity contribution >= 4 is 11.9 Å². The summed E-state index contributed by atoms with van der Waals surface area (Å²) >= 11 is 0. The first-order valence-electron chi connectivity index (χ1n) is 4.73. The van der Waals surface area contributed by atoms with Gasteiger partial charge in [-0.2, -0.15) is 5.10 Å². The molecule has 0 aromatic rings.